The third-order valence-electron chi connectivity index (χ3n) is 7.80. The summed E-state index contributed by atoms with van der Waals surface area (Å²) in [5, 5.41) is 9.24. The van der Waals surface area contributed by atoms with Gasteiger partial charge in [-0.3, -0.25) is 4.79 Å². The van der Waals surface area contributed by atoms with E-state index >= 15 is 0 Å². The molecule has 6 rings (SSSR count). The van der Waals surface area contributed by atoms with Crippen LogP contribution in [0, 0.1) is 0 Å². The van der Waals surface area contributed by atoms with Crippen LogP contribution < -0.4 is 14.8 Å². The number of carbonyl (C=O) groups is 2. The molecule has 1 N–H and O–H groups in total. The van der Waals surface area contributed by atoms with Crippen molar-refractivity contribution in [1.82, 2.24) is 19.7 Å². The van der Waals surface area contributed by atoms with Crippen LogP contribution in [0.1, 0.15) is 29.7 Å². The molecule has 2 aliphatic rings. The number of anilines is 1. The second-order valence-corrected chi connectivity index (χ2v) is 12.2. The van der Waals surface area contributed by atoms with Gasteiger partial charge in [-0.15, -0.1) is 5.10 Å². The summed E-state index contributed by atoms with van der Waals surface area (Å²) in [5.74, 6) is 1.22. The fourth-order valence-corrected chi connectivity index (χ4v) is 6.46. The predicted octanol–water partition coefficient (Wildman–Crippen LogP) is 5.50. The van der Waals surface area contributed by atoms with Crippen molar-refractivity contribution in [3.63, 3.8) is 0 Å². The molecule has 0 bridgehead atoms. The minimum Gasteiger partial charge on any atom is -0.493 e. The summed E-state index contributed by atoms with van der Waals surface area (Å²) in [4.78, 5) is 32.9. The van der Waals surface area contributed by atoms with Gasteiger partial charge in [0, 0.05) is 29.6 Å². The number of amides is 1. The third-order valence-corrected chi connectivity index (χ3v) is 9.05. The molecule has 1 fully saturated rings. The van der Waals surface area contributed by atoms with Crippen LogP contribution in [0.5, 0.6) is 11.5 Å². The van der Waals surface area contributed by atoms with E-state index in [1.54, 1.807) is 21.7 Å². The number of allylic oxidation sites excluding steroid dienone is 1. The zero-order chi connectivity index (χ0) is 32.8. The van der Waals surface area contributed by atoms with E-state index in [0.717, 1.165) is 11.1 Å². The Bertz CT molecular complexity index is 1780. The van der Waals surface area contributed by atoms with Crippen LogP contribution in [0.4, 0.5) is 5.95 Å². The summed E-state index contributed by atoms with van der Waals surface area (Å²) < 4.78 is 24.4. The lowest BCUT2D eigenvalue weighted by atomic mass is 9.95. The highest BCUT2D eigenvalue weighted by molar-refractivity contribution is 7.98. The first-order valence-corrected chi connectivity index (χ1v) is 16.5. The lowest BCUT2D eigenvalue weighted by Gasteiger charge is -2.29. The van der Waals surface area contributed by atoms with Crippen molar-refractivity contribution in [3.05, 3.63) is 106 Å². The first-order valence-electron chi connectivity index (χ1n) is 15.1. The summed E-state index contributed by atoms with van der Waals surface area (Å²) in [6.07, 6.45) is 0. The molecular formula is C34H34ClN5O6S. The summed E-state index contributed by atoms with van der Waals surface area (Å²) in [5.41, 5.74) is 3.48. The second-order valence-electron chi connectivity index (χ2n) is 10.9. The standard InChI is InChI=1S/C34H34ClN5O6S/c1-22-30(32(42)46-19-23-8-4-3-5-9-23)31(40-33(36-22)37-34(38-40)47-21-25-10-6-7-11-26(25)35)24-12-13-27(28(18-24)43-2)45-20-29(41)39-14-16-44-17-15-39/h3-13,18,31H,14-17,19-21H2,1-2H3,(H,36,37,38). The normalized spacial score (nSPS) is 15.9. The summed E-state index contributed by atoms with van der Waals surface area (Å²) in [7, 11) is 1.53. The number of aromatic nitrogens is 3. The number of halogens is 1. The van der Waals surface area contributed by atoms with Gasteiger partial charge in [-0.05, 0) is 41.8 Å². The van der Waals surface area contributed by atoms with Gasteiger partial charge >= 0.3 is 5.97 Å². The lowest BCUT2D eigenvalue weighted by molar-refractivity contribution is -0.141. The van der Waals surface area contributed by atoms with E-state index in [2.05, 4.69) is 5.32 Å². The molecule has 0 saturated carbocycles. The number of thioether (sulfide) groups is 1. The number of carbonyl (C=O) groups excluding carboxylic acids is 2. The Labute approximate surface area is 281 Å². The molecule has 1 amide bonds. The number of nitrogens with one attached hydrogen (secondary N) is 1. The first-order chi connectivity index (χ1) is 22.9. The Morgan fingerprint density at radius 2 is 1.81 bits per heavy atom. The van der Waals surface area contributed by atoms with E-state index in [4.69, 9.17) is 40.6 Å². The molecule has 13 heteroatoms. The Hall–Kier alpha value is -4.52. The zero-order valence-electron chi connectivity index (χ0n) is 26.0. The molecule has 0 aliphatic carbocycles. The van der Waals surface area contributed by atoms with Crippen LogP contribution in [-0.4, -0.2) is 71.6 Å². The monoisotopic (exact) mass is 675 g/mol. The molecule has 0 radical (unpaired) electrons. The van der Waals surface area contributed by atoms with Gasteiger partial charge in [0.1, 0.15) is 12.6 Å². The Morgan fingerprint density at radius 3 is 2.57 bits per heavy atom. The molecule has 3 aromatic carbocycles. The van der Waals surface area contributed by atoms with Crippen LogP contribution in [-0.2, 0) is 31.4 Å². The average Bonchev–Trinajstić information content (AvgIpc) is 3.51. The van der Waals surface area contributed by atoms with Crippen molar-refractivity contribution in [2.75, 3.05) is 45.3 Å². The fraction of sp³-hybridized carbons (Fsp3) is 0.294. The second kappa shape index (κ2) is 14.9. The highest BCUT2D eigenvalue weighted by atomic mass is 35.5. The zero-order valence-corrected chi connectivity index (χ0v) is 27.6. The maximum Gasteiger partial charge on any atom is 0.338 e. The topological polar surface area (TPSA) is 117 Å². The first kappa shape index (κ1) is 32.4. The molecule has 0 spiro atoms. The number of hydrogen-bond acceptors (Lipinski definition) is 10. The largest absolute Gasteiger partial charge is 0.493 e. The number of hydrogen-bond donors (Lipinski definition) is 1. The molecule has 1 aromatic heterocycles. The molecule has 47 heavy (non-hydrogen) atoms. The van der Waals surface area contributed by atoms with Crippen LogP contribution in [0.15, 0.2) is 89.2 Å². The van der Waals surface area contributed by atoms with Gasteiger partial charge in [-0.1, -0.05) is 78.0 Å². The van der Waals surface area contributed by atoms with Crippen molar-refractivity contribution < 1.29 is 28.5 Å². The molecule has 244 valence electrons. The minimum absolute atomic E-state index is 0.111. The van der Waals surface area contributed by atoms with Crippen LogP contribution in [0.2, 0.25) is 5.02 Å². The molecule has 4 aromatic rings. The van der Waals surface area contributed by atoms with Crippen molar-refractivity contribution >= 4 is 41.2 Å². The van der Waals surface area contributed by atoms with Gasteiger partial charge in [0.2, 0.25) is 11.1 Å². The minimum atomic E-state index is -0.699. The number of morpholine rings is 1. The predicted molar refractivity (Wildman–Crippen MR) is 178 cm³/mol. The molecule has 11 nitrogen and oxygen atoms in total. The molecule has 1 unspecified atom stereocenters. The number of esters is 1. The van der Waals surface area contributed by atoms with Gasteiger partial charge in [0.05, 0.1) is 25.9 Å². The van der Waals surface area contributed by atoms with Crippen LogP contribution in [0.25, 0.3) is 0 Å². The molecular weight excluding hydrogens is 642 g/mol. The van der Waals surface area contributed by atoms with Gasteiger partial charge < -0.3 is 29.2 Å². The Kier molecular flexibility index (Phi) is 10.3. The lowest BCUT2D eigenvalue weighted by Crippen LogP contribution is -2.43. The van der Waals surface area contributed by atoms with Crippen molar-refractivity contribution in [3.8, 4) is 11.5 Å². The number of rotatable bonds is 11. The number of methoxy groups -OCH3 is 1. The van der Waals surface area contributed by atoms with Crippen molar-refractivity contribution in [2.24, 2.45) is 0 Å². The average molecular weight is 676 g/mol. The van der Waals surface area contributed by atoms with Gasteiger partial charge in [-0.25, -0.2) is 9.48 Å². The number of fused-ring (bicyclic) bond motifs is 1. The highest BCUT2D eigenvalue weighted by Crippen LogP contribution is 2.40. The third kappa shape index (κ3) is 7.56. The number of nitrogens with zero attached hydrogens (tertiary/aromatic N) is 4. The maximum atomic E-state index is 13.8. The fourth-order valence-electron chi connectivity index (χ4n) is 5.34. The van der Waals surface area contributed by atoms with Crippen molar-refractivity contribution in [1.29, 1.82) is 0 Å². The summed E-state index contributed by atoms with van der Waals surface area (Å²) in [6, 6.07) is 21.8. The van der Waals surface area contributed by atoms with E-state index in [0.29, 0.717) is 76.5 Å². The Morgan fingerprint density at radius 1 is 1.04 bits per heavy atom. The molecule has 2 aliphatic heterocycles. The van der Waals surface area contributed by atoms with E-state index < -0.39 is 12.0 Å². The van der Waals surface area contributed by atoms with Crippen LogP contribution in [0.3, 0.4) is 0 Å². The van der Waals surface area contributed by atoms with Gasteiger partial charge in [-0.2, -0.15) is 4.98 Å². The van der Waals surface area contributed by atoms with E-state index in [1.807, 2.05) is 67.6 Å². The van der Waals surface area contributed by atoms with Crippen LogP contribution >= 0.6 is 23.4 Å². The van der Waals surface area contributed by atoms with E-state index in [9.17, 15) is 9.59 Å². The molecule has 3 heterocycles. The summed E-state index contributed by atoms with van der Waals surface area (Å²) >= 11 is 7.82. The van der Waals surface area contributed by atoms with Crippen molar-refractivity contribution in [2.45, 2.75) is 30.5 Å². The molecule has 1 saturated heterocycles. The summed E-state index contributed by atoms with van der Waals surface area (Å²) in [6.45, 7) is 3.86. The Balaban J connectivity index is 1.29. The maximum absolute atomic E-state index is 13.8. The van der Waals surface area contributed by atoms with E-state index in [1.165, 1.54) is 18.9 Å². The quantitative estimate of drug-likeness (QED) is 0.161. The van der Waals surface area contributed by atoms with Gasteiger partial charge in [0.25, 0.3) is 5.91 Å². The number of ether oxygens (including phenoxy) is 4. The molecule has 1 atom stereocenters. The SMILES string of the molecule is COc1cc(C2C(C(=O)OCc3ccccc3)=C(C)Nc3nc(SCc4ccccc4Cl)nn32)ccc1OCC(=O)N1CCOCC1. The smallest absolute Gasteiger partial charge is 0.338 e. The van der Waals surface area contributed by atoms with E-state index in [-0.39, 0.29) is 19.1 Å². The highest BCUT2D eigenvalue weighted by Gasteiger charge is 2.36. The number of benzene rings is 3. The van der Waals surface area contributed by atoms with Gasteiger partial charge in [0.15, 0.2) is 18.1 Å².